The van der Waals surface area contributed by atoms with Crippen LogP contribution in [0.5, 0.6) is 0 Å². The van der Waals surface area contributed by atoms with Gasteiger partial charge in [0.15, 0.2) is 0 Å². The molecule has 3 aromatic rings. The van der Waals surface area contributed by atoms with Crippen LogP contribution >= 0.6 is 11.3 Å². The highest BCUT2D eigenvalue weighted by molar-refractivity contribution is 7.87. The Hall–Kier alpha value is -1.80. The minimum Gasteiger partial charge on any atom is -0.241 e. The maximum absolute atomic E-state index is 12.7. The highest BCUT2D eigenvalue weighted by atomic mass is 32.2. The number of piperidine rings is 1. The van der Waals surface area contributed by atoms with E-state index in [1.165, 1.54) is 0 Å². The molecule has 5 nitrogen and oxygen atoms in total. The lowest BCUT2D eigenvalue weighted by molar-refractivity contribution is 0.311. The molecule has 0 radical (unpaired) electrons. The molecule has 2 heterocycles. The molecule has 1 aromatic heterocycles. The molecule has 0 saturated carbocycles. The highest BCUT2D eigenvalue weighted by Crippen LogP contribution is 2.33. The fourth-order valence-corrected chi connectivity index (χ4v) is 5.66. The van der Waals surface area contributed by atoms with Crippen molar-refractivity contribution < 1.29 is 8.42 Å². The van der Waals surface area contributed by atoms with Crippen molar-refractivity contribution in [2.24, 2.45) is 0 Å². The first-order valence-electron chi connectivity index (χ1n) is 8.76. The molecule has 0 amide bonds. The van der Waals surface area contributed by atoms with Crippen LogP contribution in [0.25, 0.3) is 10.2 Å². The lowest BCUT2D eigenvalue weighted by Gasteiger charge is -2.30. The average Bonchev–Trinajstić information content (AvgIpc) is 3.12. The molecule has 26 heavy (non-hydrogen) atoms. The van der Waals surface area contributed by atoms with Crippen molar-refractivity contribution >= 4 is 31.8 Å². The molecule has 1 N–H and O–H groups in total. The Kier molecular flexibility index (Phi) is 5.04. The van der Waals surface area contributed by atoms with Gasteiger partial charge in [0.25, 0.3) is 10.2 Å². The number of nitrogens with one attached hydrogen (secondary N) is 1. The van der Waals surface area contributed by atoms with Crippen molar-refractivity contribution in [2.75, 3.05) is 13.1 Å². The smallest absolute Gasteiger partial charge is 0.241 e. The van der Waals surface area contributed by atoms with Gasteiger partial charge in [0.2, 0.25) is 0 Å². The minimum atomic E-state index is -3.49. The van der Waals surface area contributed by atoms with Crippen molar-refractivity contribution in [3.05, 3.63) is 65.2 Å². The maximum atomic E-state index is 12.7. The van der Waals surface area contributed by atoms with Gasteiger partial charge in [-0.15, -0.1) is 11.3 Å². The molecule has 7 heteroatoms. The van der Waals surface area contributed by atoms with Crippen molar-refractivity contribution in [3.63, 3.8) is 0 Å². The van der Waals surface area contributed by atoms with E-state index in [1.54, 1.807) is 15.6 Å². The van der Waals surface area contributed by atoms with Crippen LogP contribution in [-0.2, 0) is 16.8 Å². The van der Waals surface area contributed by atoms with Crippen LogP contribution in [0, 0.1) is 0 Å². The molecule has 1 aliphatic rings. The van der Waals surface area contributed by atoms with E-state index in [-0.39, 0.29) is 5.92 Å². The number of para-hydroxylation sites is 1. The van der Waals surface area contributed by atoms with Crippen LogP contribution < -0.4 is 4.72 Å². The molecule has 136 valence electrons. The fourth-order valence-electron chi connectivity index (χ4n) is 3.29. The number of thiazole rings is 1. The number of fused-ring (bicyclic) bond motifs is 1. The number of hydrogen-bond donors (Lipinski definition) is 1. The normalized spacial score (nSPS) is 19.0. The molecular weight excluding hydrogens is 366 g/mol. The Morgan fingerprint density at radius 2 is 1.88 bits per heavy atom. The van der Waals surface area contributed by atoms with Gasteiger partial charge in [-0.25, -0.2) is 4.98 Å². The molecule has 0 spiro atoms. The van der Waals surface area contributed by atoms with Crippen LogP contribution in [-0.4, -0.2) is 30.8 Å². The number of aromatic nitrogens is 1. The molecule has 1 saturated heterocycles. The Morgan fingerprint density at radius 3 is 2.69 bits per heavy atom. The van der Waals surface area contributed by atoms with Crippen molar-refractivity contribution in [1.82, 2.24) is 14.0 Å². The fraction of sp³-hybridized carbons (Fsp3) is 0.316. The van der Waals surface area contributed by atoms with Crippen molar-refractivity contribution in [1.29, 1.82) is 0 Å². The number of benzene rings is 2. The molecule has 1 atom stereocenters. The third-order valence-electron chi connectivity index (χ3n) is 4.69. The number of nitrogens with zero attached hydrogens (tertiary/aromatic N) is 2. The lowest BCUT2D eigenvalue weighted by Crippen LogP contribution is -2.45. The van der Waals surface area contributed by atoms with Crippen molar-refractivity contribution in [3.8, 4) is 0 Å². The molecule has 1 aliphatic heterocycles. The van der Waals surface area contributed by atoms with E-state index < -0.39 is 10.2 Å². The van der Waals surface area contributed by atoms with Gasteiger partial charge in [-0.05, 0) is 30.5 Å². The van der Waals surface area contributed by atoms with Gasteiger partial charge < -0.3 is 0 Å². The second kappa shape index (κ2) is 7.44. The lowest BCUT2D eigenvalue weighted by atomic mass is 10.0. The second-order valence-electron chi connectivity index (χ2n) is 6.53. The zero-order valence-electron chi connectivity index (χ0n) is 14.3. The predicted octanol–water partition coefficient (Wildman–Crippen LogP) is 3.51. The molecule has 1 fully saturated rings. The summed E-state index contributed by atoms with van der Waals surface area (Å²) in [5.74, 6) is 0.162. The Balaban J connectivity index is 1.47. The Labute approximate surface area is 157 Å². The topological polar surface area (TPSA) is 62.3 Å². The first kappa shape index (κ1) is 17.6. The van der Waals surface area contributed by atoms with Gasteiger partial charge in [-0.1, -0.05) is 42.5 Å². The molecule has 1 unspecified atom stereocenters. The molecular formula is C19H21N3O2S2. The van der Waals surface area contributed by atoms with Crippen molar-refractivity contribution in [2.45, 2.75) is 25.3 Å². The Morgan fingerprint density at radius 1 is 1.12 bits per heavy atom. The quantitative estimate of drug-likeness (QED) is 0.729. The summed E-state index contributed by atoms with van der Waals surface area (Å²) in [5.41, 5.74) is 1.95. The first-order chi connectivity index (χ1) is 12.6. The van der Waals surface area contributed by atoms with Gasteiger partial charge in [0, 0.05) is 25.6 Å². The molecule has 0 aliphatic carbocycles. The average molecular weight is 388 g/mol. The second-order valence-corrected chi connectivity index (χ2v) is 9.35. The largest absolute Gasteiger partial charge is 0.279 e. The SMILES string of the molecule is O=S(=O)(NCc1ccccc1)N1CCCC(c2nc3ccccc3s2)C1. The zero-order valence-corrected chi connectivity index (χ0v) is 16.0. The summed E-state index contributed by atoms with van der Waals surface area (Å²) in [5, 5.41) is 1.04. The van der Waals surface area contributed by atoms with E-state index in [4.69, 9.17) is 4.98 Å². The van der Waals surface area contributed by atoms with E-state index >= 15 is 0 Å². The molecule has 2 aromatic carbocycles. The van der Waals surface area contributed by atoms with Gasteiger partial charge in [-0.3, -0.25) is 0 Å². The summed E-state index contributed by atoms with van der Waals surface area (Å²) in [6.07, 6.45) is 1.83. The van der Waals surface area contributed by atoms with E-state index in [1.807, 2.05) is 48.5 Å². The summed E-state index contributed by atoms with van der Waals surface area (Å²) in [7, 11) is -3.49. The maximum Gasteiger partial charge on any atom is 0.279 e. The zero-order chi connectivity index (χ0) is 18.0. The van der Waals surface area contributed by atoms with Crippen LogP contribution in [0.4, 0.5) is 0 Å². The summed E-state index contributed by atoms with van der Waals surface area (Å²) in [6.45, 7) is 1.36. The van der Waals surface area contributed by atoms with E-state index in [0.717, 1.165) is 33.6 Å². The minimum absolute atomic E-state index is 0.162. The Bertz CT molecular complexity index is 953. The van der Waals surface area contributed by atoms with E-state index in [9.17, 15) is 8.42 Å². The monoisotopic (exact) mass is 387 g/mol. The van der Waals surface area contributed by atoms with Crippen LogP contribution in [0.1, 0.15) is 29.3 Å². The van der Waals surface area contributed by atoms with E-state index in [2.05, 4.69) is 10.8 Å². The predicted molar refractivity (Wildman–Crippen MR) is 105 cm³/mol. The van der Waals surface area contributed by atoms with Gasteiger partial charge in [-0.2, -0.15) is 17.4 Å². The van der Waals surface area contributed by atoms with Crippen LogP contribution in [0.15, 0.2) is 54.6 Å². The van der Waals surface area contributed by atoms with Gasteiger partial charge in [0.05, 0.1) is 15.2 Å². The van der Waals surface area contributed by atoms with Gasteiger partial charge >= 0.3 is 0 Å². The summed E-state index contributed by atoms with van der Waals surface area (Å²) >= 11 is 1.67. The standard InChI is InChI=1S/C19H21N3O2S2/c23-26(24,20-13-15-7-2-1-3-8-15)22-12-6-9-16(14-22)19-21-17-10-4-5-11-18(17)25-19/h1-5,7-8,10-11,16,20H,6,9,12-14H2. The van der Waals surface area contributed by atoms with Crippen LogP contribution in [0.3, 0.4) is 0 Å². The molecule has 0 bridgehead atoms. The summed E-state index contributed by atoms with van der Waals surface area (Å²) < 4.78 is 30.9. The third-order valence-corrected chi connectivity index (χ3v) is 7.40. The first-order valence-corrected chi connectivity index (χ1v) is 11.0. The molecule has 4 rings (SSSR count). The van der Waals surface area contributed by atoms with Gasteiger partial charge in [0.1, 0.15) is 0 Å². The number of rotatable bonds is 5. The van der Waals surface area contributed by atoms with E-state index in [0.29, 0.717) is 19.6 Å². The number of hydrogen-bond acceptors (Lipinski definition) is 4. The third kappa shape index (κ3) is 3.81. The summed E-state index contributed by atoms with van der Waals surface area (Å²) in [6, 6.07) is 17.6. The highest BCUT2D eigenvalue weighted by Gasteiger charge is 2.30. The summed E-state index contributed by atoms with van der Waals surface area (Å²) in [4.78, 5) is 4.72. The van der Waals surface area contributed by atoms with Crippen LogP contribution in [0.2, 0.25) is 0 Å².